The average Bonchev–Trinajstić information content (AvgIpc) is 2.38. The maximum atomic E-state index is 11.5. The Labute approximate surface area is 122 Å². The van der Waals surface area contributed by atoms with Crippen LogP contribution in [0.2, 0.25) is 5.02 Å². The van der Waals surface area contributed by atoms with Crippen LogP contribution in [0.25, 0.3) is 0 Å². The molecule has 106 valence electrons. The number of sulfonamides is 1. The Bertz CT molecular complexity index is 715. The highest BCUT2D eigenvalue weighted by molar-refractivity contribution is 7.89. The minimum atomic E-state index is -3.89. The van der Waals surface area contributed by atoms with E-state index in [1.807, 2.05) is 0 Å². The van der Waals surface area contributed by atoms with E-state index in [0.717, 1.165) is 5.56 Å². The summed E-state index contributed by atoms with van der Waals surface area (Å²) in [4.78, 5) is -0.133. The van der Waals surface area contributed by atoms with Crippen molar-refractivity contribution < 1.29 is 13.2 Å². The number of halogens is 1. The van der Waals surface area contributed by atoms with Crippen molar-refractivity contribution in [2.75, 3.05) is 5.73 Å². The monoisotopic (exact) mass is 312 g/mol. The lowest BCUT2D eigenvalue weighted by Gasteiger charge is -2.11. The molecule has 4 N–H and O–H groups in total. The molecule has 0 aliphatic heterocycles. The molecule has 20 heavy (non-hydrogen) atoms. The third-order valence-corrected chi connectivity index (χ3v) is 3.77. The molecule has 0 amide bonds. The lowest BCUT2D eigenvalue weighted by molar-refractivity contribution is 0.298. The second-order valence-electron chi connectivity index (χ2n) is 4.17. The Morgan fingerprint density at radius 2 is 1.75 bits per heavy atom. The van der Waals surface area contributed by atoms with E-state index in [0.29, 0.717) is 10.7 Å². The summed E-state index contributed by atoms with van der Waals surface area (Å²) in [6, 6.07) is 11.3. The molecule has 0 saturated carbocycles. The molecule has 0 aliphatic carbocycles. The lowest BCUT2D eigenvalue weighted by Crippen LogP contribution is -2.14. The molecule has 7 heteroatoms. The Morgan fingerprint density at radius 1 is 1.10 bits per heavy atom. The van der Waals surface area contributed by atoms with Crippen molar-refractivity contribution in [3.05, 3.63) is 53.1 Å². The van der Waals surface area contributed by atoms with Crippen LogP contribution in [0.5, 0.6) is 5.75 Å². The molecule has 5 nitrogen and oxygen atoms in total. The van der Waals surface area contributed by atoms with E-state index in [9.17, 15) is 8.42 Å². The maximum Gasteiger partial charge on any atom is 0.241 e. The van der Waals surface area contributed by atoms with Gasteiger partial charge in [-0.2, -0.15) is 0 Å². The van der Waals surface area contributed by atoms with Gasteiger partial charge in [-0.15, -0.1) is 0 Å². The van der Waals surface area contributed by atoms with Crippen LogP contribution >= 0.6 is 11.6 Å². The van der Waals surface area contributed by atoms with Gasteiger partial charge in [0.25, 0.3) is 0 Å². The smallest absolute Gasteiger partial charge is 0.241 e. The van der Waals surface area contributed by atoms with Crippen LogP contribution in [0.3, 0.4) is 0 Å². The van der Waals surface area contributed by atoms with Gasteiger partial charge in [0.2, 0.25) is 10.0 Å². The third-order valence-electron chi connectivity index (χ3n) is 2.58. The van der Waals surface area contributed by atoms with Crippen LogP contribution in [-0.2, 0) is 16.6 Å². The zero-order valence-electron chi connectivity index (χ0n) is 10.4. The highest BCUT2D eigenvalue weighted by Gasteiger charge is 2.15. The molecule has 0 atom stereocenters. The summed E-state index contributed by atoms with van der Waals surface area (Å²) < 4.78 is 28.5. The second-order valence-corrected chi connectivity index (χ2v) is 6.13. The second kappa shape index (κ2) is 5.70. The largest absolute Gasteiger partial charge is 0.487 e. The van der Waals surface area contributed by atoms with Crippen LogP contribution in [0.1, 0.15) is 5.56 Å². The van der Waals surface area contributed by atoms with Gasteiger partial charge in [-0.1, -0.05) is 23.7 Å². The van der Waals surface area contributed by atoms with Gasteiger partial charge in [0, 0.05) is 10.7 Å². The topological polar surface area (TPSA) is 95.4 Å². The van der Waals surface area contributed by atoms with Gasteiger partial charge >= 0.3 is 0 Å². The Balaban J connectivity index is 2.23. The average molecular weight is 313 g/mol. The summed E-state index contributed by atoms with van der Waals surface area (Å²) >= 11 is 5.78. The van der Waals surface area contributed by atoms with Gasteiger partial charge in [-0.25, -0.2) is 13.6 Å². The zero-order valence-corrected chi connectivity index (χ0v) is 12.0. The molecule has 0 fully saturated rings. The molecule has 0 heterocycles. The van der Waals surface area contributed by atoms with Crippen LogP contribution in [0.15, 0.2) is 47.4 Å². The molecule has 0 saturated heterocycles. The van der Waals surface area contributed by atoms with Crippen molar-refractivity contribution in [3.8, 4) is 5.75 Å². The van der Waals surface area contributed by atoms with E-state index in [4.69, 9.17) is 27.2 Å². The number of anilines is 1. The van der Waals surface area contributed by atoms with Crippen LogP contribution in [0, 0.1) is 0 Å². The summed E-state index contributed by atoms with van der Waals surface area (Å²) in [5, 5.41) is 5.75. The molecule has 0 bridgehead atoms. The minimum absolute atomic E-state index is 0.133. The minimum Gasteiger partial charge on any atom is -0.487 e. The quantitative estimate of drug-likeness (QED) is 0.845. The maximum absolute atomic E-state index is 11.5. The fourth-order valence-electron chi connectivity index (χ4n) is 1.61. The van der Waals surface area contributed by atoms with E-state index in [1.165, 1.54) is 12.1 Å². The molecule has 2 aromatic rings. The number of hydrogen-bond donors (Lipinski definition) is 2. The van der Waals surface area contributed by atoms with Gasteiger partial charge in [-0.3, -0.25) is 0 Å². The van der Waals surface area contributed by atoms with Gasteiger partial charge < -0.3 is 10.5 Å². The Kier molecular flexibility index (Phi) is 4.17. The summed E-state index contributed by atoms with van der Waals surface area (Å²) in [5.41, 5.74) is 6.71. The van der Waals surface area contributed by atoms with Gasteiger partial charge in [0.15, 0.2) is 0 Å². The van der Waals surface area contributed by atoms with E-state index in [2.05, 4.69) is 0 Å². The van der Waals surface area contributed by atoms with Crippen molar-refractivity contribution in [1.29, 1.82) is 0 Å². The van der Waals surface area contributed by atoms with Crippen LogP contribution in [0.4, 0.5) is 5.69 Å². The van der Waals surface area contributed by atoms with Crippen LogP contribution < -0.4 is 15.6 Å². The first-order valence-electron chi connectivity index (χ1n) is 5.66. The van der Waals surface area contributed by atoms with E-state index in [1.54, 1.807) is 30.3 Å². The summed E-state index contributed by atoms with van der Waals surface area (Å²) in [6.45, 7) is 0.198. The predicted octanol–water partition coefficient (Wildman–Crippen LogP) is 2.15. The fourth-order valence-corrected chi connectivity index (χ4v) is 2.44. The van der Waals surface area contributed by atoms with Crippen LogP contribution in [-0.4, -0.2) is 8.42 Å². The zero-order chi connectivity index (χ0) is 14.8. The van der Waals surface area contributed by atoms with Gasteiger partial charge in [-0.05, 0) is 35.9 Å². The Hall–Kier alpha value is -1.76. The number of nitrogens with two attached hydrogens (primary N) is 2. The molecule has 0 radical (unpaired) electrons. The first-order valence-corrected chi connectivity index (χ1v) is 7.58. The molecule has 2 aromatic carbocycles. The number of benzene rings is 2. The number of nitrogen functional groups attached to an aromatic ring is 1. The summed E-state index contributed by atoms with van der Waals surface area (Å²) in [6.07, 6.45) is 0. The summed E-state index contributed by atoms with van der Waals surface area (Å²) in [7, 11) is -3.89. The SMILES string of the molecule is Nc1ccc(OCc2ccc(Cl)cc2)c(S(N)(=O)=O)c1. The van der Waals surface area contributed by atoms with Crippen molar-refractivity contribution in [1.82, 2.24) is 0 Å². The third kappa shape index (κ3) is 3.63. The molecule has 0 aliphatic rings. The van der Waals surface area contributed by atoms with E-state index >= 15 is 0 Å². The van der Waals surface area contributed by atoms with E-state index < -0.39 is 10.0 Å². The normalized spacial score (nSPS) is 11.3. The number of rotatable bonds is 4. The Morgan fingerprint density at radius 3 is 2.35 bits per heavy atom. The van der Waals surface area contributed by atoms with Crippen molar-refractivity contribution >= 4 is 27.3 Å². The molecular formula is C13H13ClN2O3S. The molecule has 2 rings (SSSR count). The van der Waals surface area contributed by atoms with E-state index in [-0.39, 0.29) is 17.3 Å². The summed E-state index contributed by atoms with van der Waals surface area (Å²) in [5.74, 6) is 0.164. The fraction of sp³-hybridized carbons (Fsp3) is 0.0769. The first-order chi connectivity index (χ1) is 9.36. The van der Waals surface area contributed by atoms with Crippen molar-refractivity contribution in [3.63, 3.8) is 0 Å². The standard InChI is InChI=1S/C13H13ClN2O3S/c14-10-3-1-9(2-4-10)8-19-12-6-5-11(15)7-13(12)20(16,17)18/h1-7H,8,15H2,(H2,16,17,18). The highest BCUT2D eigenvalue weighted by Crippen LogP contribution is 2.26. The van der Waals surface area contributed by atoms with Crippen molar-refractivity contribution in [2.45, 2.75) is 11.5 Å². The number of ether oxygens (including phenoxy) is 1. The highest BCUT2D eigenvalue weighted by atomic mass is 35.5. The molecular weight excluding hydrogens is 300 g/mol. The molecule has 0 unspecified atom stereocenters. The predicted molar refractivity (Wildman–Crippen MR) is 78.0 cm³/mol. The molecule has 0 spiro atoms. The van der Waals surface area contributed by atoms with Crippen molar-refractivity contribution in [2.24, 2.45) is 5.14 Å². The first kappa shape index (κ1) is 14.6. The number of primary sulfonamides is 1. The number of hydrogen-bond acceptors (Lipinski definition) is 4. The lowest BCUT2D eigenvalue weighted by atomic mass is 10.2. The van der Waals surface area contributed by atoms with Gasteiger partial charge in [0.1, 0.15) is 17.3 Å². The van der Waals surface area contributed by atoms with Gasteiger partial charge in [0.05, 0.1) is 0 Å². The molecule has 0 aromatic heterocycles.